The maximum Gasteiger partial charge on any atom is 0.353 e. The highest BCUT2D eigenvalue weighted by Crippen LogP contribution is 2.72. The molecule has 4 aromatic carbocycles. The summed E-state index contributed by atoms with van der Waals surface area (Å²) in [6.45, 7) is 0. The Morgan fingerprint density at radius 1 is 0.719 bits per heavy atom. The third kappa shape index (κ3) is 4.39. The lowest BCUT2D eigenvalue weighted by molar-refractivity contribution is 0.0754. The third-order valence-electron chi connectivity index (χ3n) is 4.73. The lowest BCUT2D eigenvalue weighted by Crippen LogP contribution is -2.15. The smallest absolute Gasteiger partial charge is 0.353 e. The van der Waals surface area contributed by atoms with Crippen molar-refractivity contribution in [3.8, 4) is 5.75 Å². The summed E-state index contributed by atoms with van der Waals surface area (Å²) < 4.78 is 8.92. The summed E-state index contributed by atoms with van der Waals surface area (Å²) in [7, 11) is -2.55. The van der Waals surface area contributed by atoms with Gasteiger partial charge in [0.05, 0.1) is 4.90 Å². The number of para-hydroxylation sites is 1. The molecule has 32 heavy (non-hydrogen) atoms. The minimum atomic E-state index is -2.55. The van der Waals surface area contributed by atoms with E-state index in [9.17, 15) is 9.90 Å². The van der Waals surface area contributed by atoms with E-state index >= 15 is 0 Å². The van der Waals surface area contributed by atoms with Crippen molar-refractivity contribution in [3.05, 3.63) is 116 Å². The van der Waals surface area contributed by atoms with E-state index in [2.05, 4.69) is 47.8 Å². The first-order valence-corrected chi connectivity index (χ1v) is 13.5. The second kappa shape index (κ2) is 9.83. The van der Waals surface area contributed by atoms with E-state index in [1.54, 1.807) is 18.2 Å². The second-order valence-electron chi connectivity index (χ2n) is 6.77. The van der Waals surface area contributed by atoms with Crippen molar-refractivity contribution >= 4 is 64.1 Å². The minimum Gasteiger partial charge on any atom is -0.507 e. The van der Waals surface area contributed by atoms with Crippen molar-refractivity contribution in [2.75, 3.05) is 0 Å². The number of carbonyl (C=O) groups is 1. The predicted octanol–water partition coefficient (Wildman–Crippen LogP) is 8.73. The van der Waals surface area contributed by atoms with Gasteiger partial charge in [0, 0.05) is 23.2 Å². The fourth-order valence-corrected chi connectivity index (χ4v) is 10.1. The van der Waals surface area contributed by atoms with Crippen LogP contribution in [0.1, 0.15) is 10.4 Å². The number of hydrogen-bond donors (Lipinski definition) is 1. The van der Waals surface area contributed by atoms with E-state index in [0.717, 1.165) is 28.1 Å². The van der Waals surface area contributed by atoms with Gasteiger partial charge in [-0.1, -0.05) is 64.5 Å². The lowest BCUT2D eigenvalue weighted by Gasteiger charge is -2.41. The fourth-order valence-electron chi connectivity index (χ4n) is 3.34. The molecule has 0 radical (unpaired) electrons. The Hall–Kier alpha value is -2.06. The summed E-state index contributed by atoms with van der Waals surface area (Å²) in [5, 5.41) is 10.3. The summed E-state index contributed by atoms with van der Waals surface area (Å²) in [4.78, 5) is 16.0. The molecule has 0 fully saturated rings. The van der Waals surface area contributed by atoms with Crippen LogP contribution < -0.4 is 0 Å². The molecule has 4 rings (SSSR count). The zero-order valence-electron chi connectivity index (χ0n) is 16.5. The van der Waals surface area contributed by atoms with Gasteiger partial charge in [0.15, 0.2) is 0 Å². The molecule has 0 aromatic heterocycles. The molecule has 162 valence electrons. The number of carbonyl (C=O) groups excluding carboxylic acids is 1. The Bertz CT molecular complexity index is 1200. The van der Waals surface area contributed by atoms with Gasteiger partial charge in [-0.2, -0.15) is 0 Å². The van der Waals surface area contributed by atoms with E-state index in [0.29, 0.717) is 0 Å². The van der Waals surface area contributed by atoms with Gasteiger partial charge >= 0.3 is 5.97 Å². The van der Waals surface area contributed by atoms with E-state index in [1.165, 1.54) is 6.07 Å². The van der Waals surface area contributed by atoms with Gasteiger partial charge in [0.1, 0.15) is 11.3 Å². The average Bonchev–Trinajstić information content (AvgIpc) is 2.79. The van der Waals surface area contributed by atoms with Crippen molar-refractivity contribution in [1.82, 2.24) is 0 Å². The average molecular weight is 637 g/mol. The summed E-state index contributed by atoms with van der Waals surface area (Å²) in [6.07, 6.45) is 0. The molecule has 0 saturated carbocycles. The highest BCUT2D eigenvalue weighted by Gasteiger charge is 2.39. The maximum atomic E-state index is 13.5. The van der Waals surface area contributed by atoms with Crippen LogP contribution in [0, 0.1) is 0 Å². The van der Waals surface area contributed by atoms with Crippen LogP contribution in [0.4, 0.5) is 0 Å². The molecule has 3 nitrogen and oxygen atoms in total. The summed E-state index contributed by atoms with van der Waals surface area (Å²) in [6, 6.07) is 29.7. The van der Waals surface area contributed by atoms with Crippen LogP contribution >= 0.6 is 58.1 Å². The molecule has 0 saturated heterocycles. The molecule has 4 aromatic rings. The number of phenols is 1. The minimum absolute atomic E-state index is 0.112. The van der Waals surface area contributed by atoms with Gasteiger partial charge in [-0.15, -0.1) is 0 Å². The first-order chi connectivity index (χ1) is 15.4. The summed E-state index contributed by atoms with van der Waals surface area (Å²) in [5.74, 6) is -0.728. The zero-order valence-corrected chi connectivity index (χ0v) is 22.1. The van der Waals surface area contributed by atoms with Crippen LogP contribution in [0.5, 0.6) is 5.75 Å². The molecular formula is C25H17Br3O3S. The number of phenolic OH excluding ortho intramolecular Hbond substituents is 1. The van der Waals surface area contributed by atoms with Gasteiger partial charge in [-0.3, -0.25) is 0 Å². The first-order valence-electron chi connectivity index (χ1n) is 9.53. The third-order valence-corrected chi connectivity index (χ3v) is 10.2. The molecule has 0 spiro atoms. The second-order valence-corrected chi connectivity index (χ2v) is 12.0. The quantitative estimate of drug-likeness (QED) is 0.238. The largest absolute Gasteiger partial charge is 0.507 e. The Balaban J connectivity index is 2.05. The van der Waals surface area contributed by atoms with Crippen molar-refractivity contribution in [3.63, 3.8) is 0 Å². The molecule has 0 unspecified atom stereocenters. The Kier molecular flexibility index (Phi) is 7.10. The van der Waals surface area contributed by atoms with E-state index < -0.39 is 16.3 Å². The molecule has 0 heterocycles. The molecule has 0 aliphatic carbocycles. The number of aromatic hydroxyl groups is 1. The molecule has 7 heteroatoms. The van der Waals surface area contributed by atoms with Crippen LogP contribution in [0.25, 0.3) is 0 Å². The highest BCUT2D eigenvalue weighted by atomic mass is 79.9. The van der Waals surface area contributed by atoms with Crippen LogP contribution in [0.15, 0.2) is 125 Å². The van der Waals surface area contributed by atoms with Crippen LogP contribution in [0.2, 0.25) is 0 Å². The SMILES string of the molecule is O=C(OS(c1ccccc1)(c1ccccc1)c1c(Br)cc(Br)cc1Br)c1ccccc1O. The normalized spacial score (nSPS) is 11.7. The first kappa shape index (κ1) is 23.1. The molecule has 0 atom stereocenters. The van der Waals surface area contributed by atoms with Crippen molar-refractivity contribution in [2.24, 2.45) is 0 Å². The molecule has 0 aliphatic rings. The predicted molar refractivity (Wildman–Crippen MR) is 138 cm³/mol. The Morgan fingerprint density at radius 3 is 1.69 bits per heavy atom. The lowest BCUT2D eigenvalue weighted by atomic mass is 10.2. The fraction of sp³-hybridized carbons (Fsp3) is 0. The Morgan fingerprint density at radius 2 is 1.19 bits per heavy atom. The van der Waals surface area contributed by atoms with Gasteiger partial charge in [-0.05, 0) is 90.7 Å². The number of benzene rings is 4. The van der Waals surface area contributed by atoms with Crippen molar-refractivity contribution in [1.29, 1.82) is 0 Å². The van der Waals surface area contributed by atoms with E-state index in [4.69, 9.17) is 4.18 Å². The standard InChI is InChI=1S/C25H17Br3O3S/c26-17-15-21(27)24(22(28)16-17)32(18-9-3-1-4-10-18,19-11-5-2-6-12-19)31-25(30)20-13-7-8-14-23(20)29/h1-16,29H. The van der Waals surface area contributed by atoms with E-state index in [-0.39, 0.29) is 11.3 Å². The molecule has 0 aliphatic heterocycles. The highest BCUT2D eigenvalue weighted by molar-refractivity contribution is 9.11. The van der Waals surface area contributed by atoms with E-state index in [1.807, 2.05) is 72.8 Å². The van der Waals surface area contributed by atoms with Crippen molar-refractivity contribution in [2.45, 2.75) is 14.7 Å². The number of rotatable bonds is 5. The van der Waals surface area contributed by atoms with Crippen LogP contribution in [0.3, 0.4) is 0 Å². The number of halogens is 3. The maximum absolute atomic E-state index is 13.5. The molecular weight excluding hydrogens is 620 g/mol. The van der Waals surface area contributed by atoms with Gasteiger partial charge in [0.25, 0.3) is 0 Å². The molecule has 0 bridgehead atoms. The van der Waals surface area contributed by atoms with Crippen molar-refractivity contribution < 1.29 is 14.1 Å². The number of hydrogen-bond acceptors (Lipinski definition) is 3. The molecule has 0 amide bonds. The monoisotopic (exact) mass is 634 g/mol. The zero-order chi connectivity index (χ0) is 22.7. The summed E-state index contributed by atoms with van der Waals surface area (Å²) in [5.41, 5.74) is 0.112. The van der Waals surface area contributed by atoms with Crippen LogP contribution in [-0.2, 0) is 4.18 Å². The molecule has 1 N–H and O–H groups in total. The van der Waals surface area contributed by atoms with Crippen LogP contribution in [-0.4, -0.2) is 11.1 Å². The topological polar surface area (TPSA) is 46.5 Å². The van der Waals surface area contributed by atoms with Gasteiger partial charge < -0.3 is 9.29 Å². The van der Waals surface area contributed by atoms with Gasteiger partial charge in [0.2, 0.25) is 0 Å². The summed E-state index contributed by atoms with van der Waals surface area (Å²) >= 11 is 11.0. The Labute approximate surface area is 213 Å². The van der Waals surface area contributed by atoms with Gasteiger partial charge in [-0.25, -0.2) is 4.79 Å².